The van der Waals surface area contributed by atoms with Crippen molar-refractivity contribution in [3.8, 4) is 0 Å². The molecule has 8 nitrogen and oxygen atoms in total. The molecule has 2 amide bonds. The number of benzene rings is 2. The van der Waals surface area contributed by atoms with Crippen LogP contribution in [-0.2, 0) is 15.6 Å². The van der Waals surface area contributed by atoms with E-state index in [1.54, 1.807) is 20.8 Å². The highest BCUT2D eigenvalue weighted by Crippen LogP contribution is 2.29. The van der Waals surface area contributed by atoms with Crippen molar-refractivity contribution in [2.24, 2.45) is 0 Å². The Bertz CT molecular complexity index is 1210. The van der Waals surface area contributed by atoms with Gasteiger partial charge in [-0.2, -0.15) is 0 Å². The molecule has 36 heavy (non-hydrogen) atoms. The minimum atomic E-state index is -3.34. The first-order valence-electron chi connectivity index (χ1n) is 10.9. The number of anilines is 2. The summed E-state index contributed by atoms with van der Waals surface area (Å²) in [7, 11) is -3.34. The number of hydrogen-bond acceptors (Lipinski definition) is 5. The average Bonchev–Trinajstić information content (AvgIpc) is 2.77. The summed E-state index contributed by atoms with van der Waals surface area (Å²) in [4.78, 5) is 26.3. The number of rotatable bonds is 5. The minimum absolute atomic E-state index is 0.169. The van der Waals surface area contributed by atoms with E-state index in [9.17, 15) is 35.6 Å². The van der Waals surface area contributed by atoms with E-state index >= 15 is 0 Å². The van der Waals surface area contributed by atoms with Crippen molar-refractivity contribution in [3.05, 3.63) is 59.2 Å². The highest BCUT2D eigenvalue weighted by molar-refractivity contribution is 7.74. The zero-order chi connectivity index (χ0) is 26.8. The number of piperidine rings is 1. The normalized spacial score (nSPS) is 14.6. The van der Waals surface area contributed by atoms with Gasteiger partial charge in [0, 0.05) is 42.5 Å². The Morgan fingerprint density at radius 1 is 1.00 bits per heavy atom. The maximum atomic E-state index is 14.7. The van der Waals surface area contributed by atoms with Crippen LogP contribution >= 0.6 is 0 Å². The second-order valence-electron chi connectivity index (χ2n) is 9.16. The van der Waals surface area contributed by atoms with Gasteiger partial charge in [-0.1, -0.05) is 0 Å². The first-order valence-corrected chi connectivity index (χ1v) is 12.1. The SMILES string of the molecule is CC(C)(C)OC(=O)N1CCC(N(c2cc(C(=O)Nc3cc(F)c(F)c(F)c3)ccc2F)[SH](=O)=O)CC1. The number of carbonyl (C=O) groups excluding carboxylic acids is 2. The van der Waals surface area contributed by atoms with Crippen LogP contribution in [-0.4, -0.2) is 50.1 Å². The fourth-order valence-corrected chi connectivity index (χ4v) is 4.52. The van der Waals surface area contributed by atoms with Crippen LogP contribution < -0.4 is 9.62 Å². The third kappa shape index (κ3) is 6.45. The Morgan fingerprint density at radius 2 is 1.58 bits per heavy atom. The number of carbonyl (C=O) groups is 2. The van der Waals surface area contributed by atoms with Gasteiger partial charge in [0.25, 0.3) is 5.91 Å². The van der Waals surface area contributed by atoms with Gasteiger partial charge in [0.15, 0.2) is 17.5 Å². The van der Waals surface area contributed by atoms with Crippen molar-refractivity contribution in [1.82, 2.24) is 4.90 Å². The number of nitrogens with one attached hydrogen (secondary N) is 1. The second kappa shape index (κ2) is 10.7. The first-order chi connectivity index (χ1) is 16.8. The predicted octanol–water partition coefficient (Wildman–Crippen LogP) is 4.23. The summed E-state index contributed by atoms with van der Waals surface area (Å²) in [5.41, 5.74) is -1.69. The molecule has 196 valence electrons. The molecule has 0 bridgehead atoms. The Hall–Kier alpha value is -3.35. The summed E-state index contributed by atoms with van der Waals surface area (Å²) in [5.74, 6) is -6.58. The molecule has 1 heterocycles. The van der Waals surface area contributed by atoms with E-state index in [-0.39, 0.29) is 37.2 Å². The quantitative estimate of drug-likeness (QED) is 0.342. The maximum absolute atomic E-state index is 14.7. The molecule has 0 aliphatic carbocycles. The standard InChI is InChI=1S/C23H25F4N3O5S/c1-23(2,3)35-22(32)29-8-6-15(7-9-29)30(36(33)34)19-10-13(4-5-16(19)24)21(31)28-14-11-17(25)20(27)18(26)12-14/h4-5,10-12,15,36H,6-9H2,1-3H3,(H,28,31). The summed E-state index contributed by atoms with van der Waals surface area (Å²) in [6, 6.07) is 3.38. The van der Waals surface area contributed by atoms with Crippen LogP contribution in [0.5, 0.6) is 0 Å². The number of amides is 2. The molecule has 2 aromatic carbocycles. The zero-order valence-electron chi connectivity index (χ0n) is 19.7. The Balaban J connectivity index is 1.79. The summed E-state index contributed by atoms with van der Waals surface area (Å²) < 4.78 is 85.1. The summed E-state index contributed by atoms with van der Waals surface area (Å²) in [5, 5.41) is 2.16. The summed E-state index contributed by atoms with van der Waals surface area (Å²) in [6.45, 7) is 5.49. The van der Waals surface area contributed by atoms with Gasteiger partial charge in [-0.3, -0.25) is 9.10 Å². The van der Waals surface area contributed by atoms with Gasteiger partial charge >= 0.3 is 6.09 Å². The van der Waals surface area contributed by atoms with Gasteiger partial charge in [-0.25, -0.2) is 30.8 Å². The molecule has 1 N–H and O–H groups in total. The van der Waals surface area contributed by atoms with E-state index in [2.05, 4.69) is 5.32 Å². The fraction of sp³-hybridized carbons (Fsp3) is 0.391. The van der Waals surface area contributed by atoms with Crippen LogP contribution in [0.4, 0.5) is 33.7 Å². The second-order valence-corrected chi connectivity index (χ2v) is 10.1. The number of likely N-dealkylation sites (tertiary alicyclic amines) is 1. The fourth-order valence-electron chi connectivity index (χ4n) is 3.70. The third-order valence-corrected chi connectivity index (χ3v) is 6.23. The van der Waals surface area contributed by atoms with Crippen molar-refractivity contribution < 1.29 is 40.3 Å². The third-order valence-electron chi connectivity index (χ3n) is 5.33. The topological polar surface area (TPSA) is 96.0 Å². The van der Waals surface area contributed by atoms with E-state index in [1.807, 2.05) is 0 Å². The largest absolute Gasteiger partial charge is 0.444 e. The van der Waals surface area contributed by atoms with Gasteiger partial charge in [-0.05, 0) is 51.8 Å². The molecule has 1 fully saturated rings. The number of halogens is 4. The molecule has 0 radical (unpaired) electrons. The minimum Gasteiger partial charge on any atom is -0.444 e. The van der Waals surface area contributed by atoms with Crippen LogP contribution in [0.15, 0.2) is 30.3 Å². The molecule has 0 saturated carbocycles. The average molecular weight is 532 g/mol. The Labute approximate surface area is 206 Å². The molecule has 0 aromatic heterocycles. The molecule has 13 heteroatoms. The van der Waals surface area contributed by atoms with Gasteiger partial charge in [-0.15, -0.1) is 0 Å². The molecule has 0 unspecified atom stereocenters. The van der Waals surface area contributed by atoms with Gasteiger partial charge in [0.1, 0.15) is 11.4 Å². The molecular formula is C23H25F4N3O5S. The molecule has 1 saturated heterocycles. The highest BCUT2D eigenvalue weighted by atomic mass is 32.2. The molecule has 1 aliphatic heterocycles. The van der Waals surface area contributed by atoms with E-state index in [1.165, 1.54) is 4.90 Å². The van der Waals surface area contributed by atoms with Crippen LogP contribution in [0.3, 0.4) is 0 Å². The van der Waals surface area contributed by atoms with Gasteiger partial charge in [0.2, 0.25) is 10.9 Å². The molecule has 1 aliphatic rings. The summed E-state index contributed by atoms with van der Waals surface area (Å²) in [6.07, 6.45) is -0.170. The van der Waals surface area contributed by atoms with Crippen LogP contribution in [0, 0.1) is 23.3 Å². The highest BCUT2D eigenvalue weighted by Gasteiger charge is 2.32. The van der Waals surface area contributed by atoms with Crippen molar-refractivity contribution in [3.63, 3.8) is 0 Å². The lowest BCUT2D eigenvalue weighted by atomic mass is 10.0. The number of ether oxygens (including phenoxy) is 1. The predicted molar refractivity (Wildman–Crippen MR) is 124 cm³/mol. The molecular weight excluding hydrogens is 506 g/mol. The van der Waals surface area contributed by atoms with E-state index < -0.39 is 63.5 Å². The van der Waals surface area contributed by atoms with Crippen molar-refractivity contribution in [2.75, 3.05) is 22.7 Å². The van der Waals surface area contributed by atoms with E-state index in [0.717, 1.165) is 22.5 Å². The van der Waals surface area contributed by atoms with Gasteiger partial charge < -0.3 is 15.0 Å². The van der Waals surface area contributed by atoms with Crippen LogP contribution in [0.1, 0.15) is 44.0 Å². The monoisotopic (exact) mass is 531 g/mol. The van der Waals surface area contributed by atoms with Crippen molar-refractivity contribution in [2.45, 2.75) is 45.3 Å². The maximum Gasteiger partial charge on any atom is 0.410 e. The van der Waals surface area contributed by atoms with Gasteiger partial charge in [0.05, 0.1) is 5.69 Å². The summed E-state index contributed by atoms with van der Waals surface area (Å²) >= 11 is 0. The Morgan fingerprint density at radius 3 is 2.11 bits per heavy atom. The molecule has 2 aromatic rings. The smallest absolute Gasteiger partial charge is 0.410 e. The van der Waals surface area contributed by atoms with E-state index in [4.69, 9.17) is 4.74 Å². The van der Waals surface area contributed by atoms with Crippen molar-refractivity contribution in [1.29, 1.82) is 0 Å². The number of thiol groups is 1. The lowest BCUT2D eigenvalue weighted by Gasteiger charge is -2.37. The Kier molecular flexibility index (Phi) is 8.12. The first kappa shape index (κ1) is 27.2. The lowest BCUT2D eigenvalue weighted by molar-refractivity contribution is 0.0207. The molecule has 0 spiro atoms. The molecule has 0 atom stereocenters. The lowest BCUT2D eigenvalue weighted by Crippen LogP contribution is -2.48. The number of nitrogens with zero attached hydrogens (tertiary/aromatic N) is 2. The molecule has 3 rings (SSSR count). The zero-order valence-corrected chi connectivity index (χ0v) is 20.6. The number of hydrogen-bond donors (Lipinski definition) is 2. The van der Waals surface area contributed by atoms with Crippen LogP contribution in [0.25, 0.3) is 0 Å². The van der Waals surface area contributed by atoms with Crippen LogP contribution in [0.2, 0.25) is 0 Å². The van der Waals surface area contributed by atoms with Crippen molar-refractivity contribution >= 4 is 34.3 Å². The van der Waals surface area contributed by atoms with E-state index in [0.29, 0.717) is 12.1 Å².